The Kier molecular flexibility index (Phi) is 4.75. The summed E-state index contributed by atoms with van der Waals surface area (Å²) in [5, 5.41) is 11.9. The summed E-state index contributed by atoms with van der Waals surface area (Å²) in [6, 6.07) is 2.16. The number of hydrogen-bond acceptors (Lipinski definition) is 3. The predicted molar refractivity (Wildman–Crippen MR) is 60.6 cm³/mol. The van der Waals surface area contributed by atoms with Crippen LogP contribution < -0.4 is 5.32 Å². The fraction of sp³-hybridized carbons (Fsp3) is 0.833. The third-order valence-electron chi connectivity index (χ3n) is 3.10. The van der Waals surface area contributed by atoms with Gasteiger partial charge in [0, 0.05) is 20.3 Å². The zero-order chi connectivity index (χ0) is 12.0. The Bertz CT molecular complexity index is 277. The minimum atomic E-state index is -0.735. The largest absolute Gasteiger partial charge is 0.385 e. The molecule has 90 valence electrons. The average molecular weight is 224 g/mol. The first-order chi connectivity index (χ1) is 7.64. The van der Waals surface area contributed by atoms with Crippen molar-refractivity contribution in [2.75, 3.05) is 20.3 Å². The van der Waals surface area contributed by atoms with Gasteiger partial charge in [-0.15, -0.1) is 0 Å². The lowest BCUT2D eigenvalue weighted by molar-refractivity contribution is -0.133. The maximum absolute atomic E-state index is 11.8. The molecule has 1 N–H and O–H groups in total. The van der Waals surface area contributed by atoms with E-state index in [0.717, 1.165) is 19.4 Å². The van der Waals surface area contributed by atoms with Gasteiger partial charge in [-0.2, -0.15) is 5.26 Å². The van der Waals surface area contributed by atoms with E-state index in [1.165, 1.54) is 0 Å². The van der Waals surface area contributed by atoms with E-state index < -0.39 is 5.41 Å². The number of unbranched alkanes of at least 4 members (excludes halogenated alkanes) is 1. The van der Waals surface area contributed by atoms with Crippen molar-refractivity contribution in [3.05, 3.63) is 0 Å². The van der Waals surface area contributed by atoms with Crippen molar-refractivity contribution in [1.29, 1.82) is 5.26 Å². The number of nitrogens with zero attached hydrogens (tertiary/aromatic N) is 1. The Labute approximate surface area is 97.0 Å². The third kappa shape index (κ3) is 2.96. The van der Waals surface area contributed by atoms with E-state index in [2.05, 4.69) is 18.3 Å². The second kappa shape index (κ2) is 5.86. The molecule has 0 aromatic carbocycles. The van der Waals surface area contributed by atoms with Crippen LogP contribution in [0.25, 0.3) is 0 Å². The zero-order valence-corrected chi connectivity index (χ0v) is 10.1. The van der Waals surface area contributed by atoms with Gasteiger partial charge in [0.05, 0.1) is 6.07 Å². The number of nitrogens with one attached hydrogen (secondary N) is 1. The van der Waals surface area contributed by atoms with Crippen molar-refractivity contribution in [2.24, 2.45) is 11.3 Å². The number of carbonyl (C=O) groups is 1. The van der Waals surface area contributed by atoms with Gasteiger partial charge in [0.1, 0.15) is 5.41 Å². The average Bonchev–Trinajstić information content (AvgIpc) is 2.24. The van der Waals surface area contributed by atoms with Crippen molar-refractivity contribution in [3.8, 4) is 6.07 Å². The highest BCUT2D eigenvalue weighted by Gasteiger charge is 2.48. The van der Waals surface area contributed by atoms with Crippen LogP contribution in [0.1, 0.15) is 32.6 Å². The molecule has 1 rings (SSSR count). The summed E-state index contributed by atoms with van der Waals surface area (Å²) in [6.07, 6.45) is 3.24. The van der Waals surface area contributed by atoms with E-state index in [4.69, 9.17) is 10.00 Å². The summed E-state index contributed by atoms with van der Waals surface area (Å²) in [4.78, 5) is 11.8. The highest BCUT2D eigenvalue weighted by Crippen LogP contribution is 2.44. The Morgan fingerprint density at radius 2 is 2.25 bits per heavy atom. The van der Waals surface area contributed by atoms with E-state index in [9.17, 15) is 4.79 Å². The number of carbonyl (C=O) groups excluding carboxylic acids is 1. The maximum atomic E-state index is 11.8. The normalized spacial score (nSPS) is 27.9. The number of nitriles is 1. The molecule has 1 saturated carbocycles. The molecule has 16 heavy (non-hydrogen) atoms. The molecule has 1 aliphatic carbocycles. The number of rotatable bonds is 6. The molecule has 0 aliphatic heterocycles. The van der Waals surface area contributed by atoms with E-state index in [0.29, 0.717) is 25.3 Å². The third-order valence-corrected chi connectivity index (χ3v) is 3.10. The van der Waals surface area contributed by atoms with Crippen LogP contribution in [0.3, 0.4) is 0 Å². The second-order valence-electron chi connectivity index (χ2n) is 4.66. The van der Waals surface area contributed by atoms with Crippen LogP contribution in [0.2, 0.25) is 0 Å². The lowest BCUT2D eigenvalue weighted by atomic mass is 9.63. The van der Waals surface area contributed by atoms with Crippen molar-refractivity contribution in [3.63, 3.8) is 0 Å². The van der Waals surface area contributed by atoms with Crippen LogP contribution in [0.4, 0.5) is 0 Å². The van der Waals surface area contributed by atoms with Gasteiger partial charge in [0.15, 0.2) is 0 Å². The molecule has 0 radical (unpaired) electrons. The Balaban J connectivity index is 2.22. The van der Waals surface area contributed by atoms with Crippen molar-refractivity contribution in [2.45, 2.75) is 32.6 Å². The molecule has 4 heteroatoms. The number of ether oxygens (including phenoxy) is 1. The predicted octanol–water partition coefficient (Wildman–Crippen LogP) is 1.47. The number of hydrogen-bond donors (Lipinski definition) is 1. The molecule has 0 spiro atoms. The van der Waals surface area contributed by atoms with E-state index in [1.54, 1.807) is 7.11 Å². The Hall–Kier alpha value is -1.08. The molecular weight excluding hydrogens is 204 g/mol. The molecule has 0 unspecified atom stereocenters. The molecular formula is C12H20N2O2. The van der Waals surface area contributed by atoms with Gasteiger partial charge in [-0.3, -0.25) is 4.79 Å². The monoisotopic (exact) mass is 224 g/mol. The zero-order valence-electron chi connectivity index (χ0n) is 10.1. The topological polar surface area (TPSA) is 62.1 Å². The summed E-state index contributed by atoms with van der Waals surface area (Å²) in [6.45, 7) is 3.43. The minimum Gasteiger partial charge on any atom is -0.385 e. The highest BCUT2D eigenvalue weighted by atomic mass is 16.5. The molecule has 0 heterocycles. The van der Waals surface area contributed by atoms with Crippen LogP contribution in [-0.2, 0) is 9.53 Å². The first kappa shape index (κ1) is 13.0. The molecule has 0 aromatic heterocycles. The van der Waals surface area contributed by atoms with Crippen LogP contribution in [0.15, 0.2) is 0 Å². The molecule has 0 saturated heterocycles. The SMILES string of the molecule is COCCCCNC(=O)C1(C#N)CC(C)C1. The molecule has 4 nitrogen and oxygen atoms in total. The summed E-state index contributed by atoms with van der Waals surface area (Å²) in [5.74, 6) is 0.407. The van der Waals surface area contributed by atoms with Crippen LogP contribution in [-0.4, -0.2) is 26.2 Å². The smallest absolute Gasteiger partial charge is 0.240 e. The lowest BCUT2D eigenvalue weighted by Gasteiger charge is -2.39. The van der Waals surface area contributed by atoms with Gasteiger partial charge in [-0.05, 0) is 31.6 Å². The van der Waals surface area contributed by atoms with E-state index in [1.807, 2.05) is 0 Å². The molecule has 0 aromatic rings. The number of amides is 1. The fourth-order valence-electron chi connectivity index (χ4n) is 2.20. The minimum absolute atomic E-state index is 0.0921. The Morgan fingerprint density at radius 1 is 1.56 bits per heavy atom. The van der Waals surface area contributed by atoms with E-state index >= 15 is 0 Å². The summed E-state index contributed by atoms with van der Waals surface area (Å²) < 4.78 is 4.92. The molecule has 1 aliphatic rings. The standard InChI is InChI=1S/C12H20N2O2/c1-10-7-12(8-10,9-13)11(15)14-5-3-4-6-16-2/h10H,3-8H2,1-2H3,(H,14,15). The van der Waals surface area contributed by atoms with Crippen molar-refractivity contribution < 1.29 is 9.53 Å². The fourth-order valence-corrected chi connectivity index (χ4v) is 2.20. The molecule has 1 fully saturated rings. The molecule has 0 atom stereocenters. The van der Waals surface area contributed by atoms with Crippen LogP contribution >= 0.6 is 0 Å². The summed E-state index contributed by atoms with van der Waals surface area (Å²) >= 11 is 0. The van der Waals surface area contributed by atoms with Gasteiger partial charge in [-0.1, -0.05) is 6.92 Å². The lowest BCUT2D eigenvalue weighted by Crippen LogP contribution is -2.48. The molecule has 0 bridgehead atoms. The quantitative estimate of drug-likeness (QED) is 0.695. The first-order valence-corrected chi connectivity index (χ1v) is 5.83. The summed E-state index contributed by atoms with van der Waals surface area (Å²) in [7, 11) is 1.67. The highest BCUT2D eigenvalue weighted by molar-refractivity contribution is 5.86. The van der Waals surface area contributed by atoms with Crippen molar-refractivity contribution in [1.82, 2.24) is 5.32 Å². The van der Waals surface area contributed by atoms with Gasteiger partial charge in [0.25, 0.3) is 0 Å². The van der Waals surface area contributed by atoms with Gasteiger partial charge >= 0.3 is 0 Å². The van der Waals surface area contributed by atoms with E-state index in [-0.39, 0.29) is 5.91 Å². The van der Waals surface area contributed by atoms with Crippen molar-refractivity contribution >= 4 is 5.91 Å². The number of methoxy groups -OCH3 is 1. The molecule has 1 amide bonds. The van der Waals surface area contributed by atoms with Gasteiger partial charge in [-0.25, -0.2) is 0 Å². The van der Waals surface area contributed by atoms with Gasteiger partial charge < -0.3 is 10.1 Å². The Morgan fingerprint density at radius 3 is 2.75 bits per heavy atom. The van der Waals surface area contributed by atoms with Crippen LogP contribution in [0, 0.1) is 22.7 Å². The first-order valence-electron chi connectivity index (χ1n) is 5.83. The van der Waals surface area contributed by atoms with Gasteiger partial charge in [0.2, 0.25) is 5.91 Å². The maximum Gasteiger partial charge on any atom is 0.240 e. The second-order valence-corrected chi connectivity index (χ2v) is 4.66. The van der Waals surface area contributed by atoms with Crippen LogP contribution in [0.5, 0.6) is 0 Å². The summed E-state index contributed by atoms with van der Waals surface area (Å²) in [5.41, 5.74) is -0.735.